The fraction of sp³-hybridized carbons (Fsp3) is 0.261. The summed E-state index contributed by atoms with van der Waals surface area (Å²) in [7, 11) is 0. The van der Waals surface area contributed by atoms with Crippen LogP contribution in [0.2, 0.25) is 0 Å². The zero-order chi connectivity index (χ0) is 19.9. The Bertz CT molecular complexity index is 945. The number of rotatable bonds is 7. The summed E-state index contributed by atoms with van der Waals surface area (Å²) >= 11 is 0. The first-order chi connectivity index (χ1) is 13.5. The summed E-state index contributed by atoms with van der Waals surface area (Å²) in [5.74, 6) is 1.07. The molecule has 1 aromatic heterocycles. The van der Waals surface area contributed by atoms with Gasteiger partial charge in [0.2, 0.25) is 17.6 Å². The lowest BCUT2D eigenvalue weighted by Crippen LogP contribution is -2.37. The molecule has 0 radical (unpaired) electrons. The van der Waals surface area contributed by atoms with Gasteiger partial charge in [-0.1, -0.05) is 59.3 Å². The van der Waals surface area contributed by atoms with Crippen LogP contribution in [0.4, 0.5) is 0 Å². The molecule has 5 heteroatoms. The Morgan fingerprint density at radius 1 is 1.14 bits per heavy atom. The van der Waals surface area contributed by atoms with Gasteiger partial charge in [-0.15, -0.1) is 0 Å². The van der Waals surface area contributed by atoms with Gasteiger partial charge < -0.3 is 9.42 Å². The fourth-order valence-corrected chi connectivity index (χ4v) is 2.92. The first-order valence-electron chi connectivity index (χ1n) is 9.46. The van der Waals surface area contributed by atoms with Crippen LogP contribution in [-0.2, 0) is 11.2 Å². The van der Waals surface area contributed by atoms with E-state index in [0.717, 1.165) is 16.7 Å². The molecule has 0 aliphatic heterocycles. The lowest BCUT2D eigenvalue weighted by Gasteiger charge is -2.24. The average molecular weight is 375 g/mol. The van der Waals surface area contributed by atoms with Gasteiger partial charge >= 0.3 is 0 Å². The van der Waals surface area contributed by atoms with E-state index >= 15 is 0 Å². The zero-order valence-electron chi connectivity index (χ0n) is 16.5. The molecule has 0 spiro atoms. The minimum absolute atomic E-state index is 0.0303. The Labute approximate surface area is 165 Å². The third-order valence-electron chi connectivity index (χ3n) is 4.44. The fourth-order valence-electron chi connectivity index (χ4n) is 2.92. The third-order valence-corrected chi connectivity index (χ3v) is 4.44. The van der Waals surface area contributed by atoms with Crippen molar-refractivity contribution in [2.45, 2.75) is 33.2 Å². The molecule has 144 valence electrons. The molecule has 3 aromatic rings. The number of hydrogen-bond donors (Lipinski definition) is 0. The minimum Gasteiger partial charge on any atom is -0.339 e. The van der Waals surface area contributed by atoms with Crippen LogP contribution >= 0.6 is 0 Å². The van der Waals surface area contributed by atoms with E-state index in [4.69, 9.17) is 4.52 Å². The lowest BCUT2D eigenvalue weighted by atomic mass is 10.1. The van der Waals surface area contributed by atoms with E-state index in [1.807, 2.05) is 81.4 Å². The number of nitrogens with zero attached hydrogens (tertiary/aromatic N) is 3. The number of amides is 1. The Kier molecular flexibility index (Phi) is 6.37. The van der Waals surface area contributed by atoms with E-state index in [1.54, 1.807) is 11.0 Å². The number of aryl methyl sites for hydroxylation is 1. The first kappa shape index (κ1) is 19.5. The molecule has 5 nitrogen and oxygen atoms in total. The van der Waals surface area contributed by atoms with E-state index in [0.29, 0.717) is 24.7 Å². The second-order valence-corrected chi connectivity index (χ2v) is 7.00. The molecule has 0 atom stereocenters. The van der Waals surface area contributed by atoms with Crippen molar-refractivity contribution < 1.29 is 9.32 Å². The summed E-state index contributed by atoms with van der Waals surface area (Å²) in [5.41, 5.74) is 3.07. The van der Waals surface area contributed by atoms with Gasteiger partial charge in [0.15, 0.2) is 0 Å². The summed E-state index contributed by atoms with van der Waals surface area (Å²) in [5, 5.41) is 4.07. The van der Waals surface area contributed by atoms with Crippen molar-refractivity contribution in [1.82, 2.24) is 15.0 Å². The first-order valence-corrected chi connectivity index (χ1v) is 9.46. The molecule has 0 bridgehead atoms. The van der Waals surface area contributed by atoms with Crippen molar-refractivity contribution in [3.63, 3.8) is 0 Å². The van der Waals surface area contributed by atoms with Crippen molar-refractivity contribution >= 4 is 12.0 Å². The summed E-state index contributed by atoms with van der Waals surface area (Å²) in [4.78, 5) is 18.9. The van der Waals surface area contributed by atoms with Crippen LogP contribution in [0.15, 0.2) is 65.2 Å². The molecule has 0 aliphatic carbocycles. The largest absolute Gasteiger partial charge is 0.339 e. The van der Waals surface area contributed by atoms with Crippen LogP contribution in [0.25, 0.3) is 17.5 Å². The van der Waals surface area contributed by atoms with Crippen molar-refractivity contribution in [3.8, 4) is 11.4 Å². The normalized spacial score (nSPS) is 11.3. The van der Waals surface area contributed by atoms with E-state index in [2.05, 4.69) is 10.1 Å². The highest BCUT2D eigenvalue weighted by atomic mass is 16.5. The highest BCUT2D eigenvalue weighted by molar-refractivity contribution is 5.92. The average Bonchev–Trinajstić information content (AvgIpc) is 3.16. The maximum Gasteiger partial charge on any atom is 0.246 e. The second-order valence-electron chi connectivity index (χ2n) is 7.00. The summed E-state index contributed by atoms with van der Waals surface area (Å²) < 4.78 is 5.38. The quantitative estimate of drug-likeness (QED) is 0.569. The molecule has 0 fully saturated rings. The predicted molar refractivity (Wildman–Crippen MR) is 111 cm³/mol. The number of hydrogen-bond acceptors (Lipinski definition) is 4. The highest BCUT2D eigenvalue weighted by Gasteiger charge is 2.16. The van der Waals surface area contributed by atoms with Gasteiger partial charge in [-0.2, -0.15) is 4.98 Å². The number of carbonyl (C=O) groups is 1. The molecule has 1 amide bonds. The van der Waals surface area contributed by atoms with Crippen LogP contribution in [0.1, 0.15) is 30.9 Å². The zero-order valence-corrected chi connectivity index (χ0v) is 16.5. The minimum atomic E-state index is -0.0303. The van der Waals surface area contributed by atoms with Crippen molar-refractivity contribution in [2.24, 2.45) is 0 Å². The molecule has 0 N–H and O–H groups in total. The van der Waals surface area contributed by atoms with Crippen LogP contribution in [0.5, 0.6) is 0 Å². The molecule has 2 aromatic carbocycles. The van der Waals surface area contributed by atoms with Gasteiger partial charge in [-0.05, 0) is 38.5 Å². The standard InChI is InChI=1S/C23H25N3O2/c1-17(2)26(22(27)13-12-19-9-5-4-6-10-19)15-14-21-24-23(25-28-21)20-11-7-8-18(3)16-20/h4-13,16-17H,14-15H2,1-3H3/b13-12+. The van der Waals surface area contributed by atoms with Crippen molar-refractivity contribution in [3.05, 3.63) is 77.7 Å². The maximum atomic E-state index is 12.6. The Morgan fingerprint density at radius 3 is 2.64 bits per heavy atom. The molecule has 0 aliphatic rings. The molecule has 28 heavy (non-hydrogen) atoms. The summed E-state index contributed by atoms with van der Waals surface area (Å²) in [6.45, 7) is 6.55. The maximum absolute atomic E-state index is 12.6. The topological polar surface area (TPSA) is 59.2 Å². The second kappa shape index (κ2) is 9.13. The predicted octanol–water partition coefficient (Wildman–Crippen LogP) is 4.54. The van der Waals surface area contributed by atoms with Gasteiger partial charge in [-0.25, -0.2) is 0 Å². The molecule has 0 saturated carbocycles. The van der Waals surface area contributed by atoms with E-state index < -0.39 is 0 Å². The Morgan fingerprint density at radius 2 is 1.93 bits per heavy atom. The highest BCUT2D eigenvalue weighted by Crippen LogP contribution is 2.17. The van der Waals surface area contributed by atoms with Gasteiger partial charge in [0.05, 0.1) is 0 Å². The lowest BCUT2D eigenvalue weighted by molar-refractivity contribution is -0.127. The smallest absolute Gasteiger partial charge is 0.246 e. The number of carbonyl (C=O) groups excluding carboxylic acids is 1. The van der Waals surface area contributed by atoms with Crippen molar-refractivity contribution in [1.29, 1.82) is 0 Å². The summed E-state index contributed by atoms with van der Waals surface area (Å²) in [6.07, 6.45) is 3.96. The SMILES string of the molecule is Cc1cccc(-c2noc(CCN(C(=O)/C=C/c3ccccc3)C(C)C)n2)c1. The number of aromatic nitrogens is 2. The molecule has 3 rings (SSSR count). The van der Waals surface area contributed by atoms with Crippen LogP contribution in [0, 0.1) is 6.92 Å². The van der Waals surface area contributed by atoms with Crippen LogP contribution in [-0.4, -0.2) is 33.5 Å². The molecule has 0 saturated heterocycles. The molecule has 1 heterocycles. The van der Waals surface area contributed by atoms with Gasteiger partial charge in [0, 0.05) is 30.6 Å². The Hall–Kier alpha value is -3.21. The Balaban J connectivity index is 1.64. The van der Waals surface area contributed by atoms with E-state index in [9.17, 15) is 4.79 Å². The van der Waals surface area contributed by atoms with Gasteiger partial charge in [0.1, 0.15) is 0 Å². The van der Waals surface area contributed by atoms with Crippen LogP contribution < -0.4 is 0 Å². The third kappa shape index (κ3) is 5.16. The number of benzene rings is 2. The van der Waals surface area contributed by atoms with Gasteiger partial charge in [-0.3, -0.25) is 4.79 Å². The molecule has 0 unspecified atom stereocenters. The summed E-state index contributed by atoms with van der Waals surface area (Å²) in [6, 6.07) is 17.8. The van der Waals surface area contributed by atoms with Gasteiger partial charge in [0.25, 0.3) is 0 Å². The van der Waals surface area contributed by atoms with Crippen LogP contribution in [0.3, 0.4) is 0 Å². The molecular weight excluding hydrogens is 350 g/mol. The van der Waals surface area contributed by atoms with Crippen molar-refractivity contribution in [2.75, 3.05) is 6.54 Å². The van der Waals surface area contributed by atoms with E-state index in [1.165, 1.54) is 0 Å². The molecular formula is C23H25N3O2. The van der Waals surface area contributed by atoms with E-state index in [-0.39, 0.29) is 11.9 Å². The monoisotopic (exact) mass is 375 g/mol.